The van der Waals surface area contributed by atoms with Gasteiger partial charge in [-0.1, -0.05) is 0 Å². The molecule has 1 heterocycles. The van der Waals surface area contributed by atoms with Gasteiger partial charge in [0.2, 0.25) is 5.92 Å². The first-order chi connectivity index (χ1) is 8.36. The van der Waals surface area contributed by atoms with E-state index >= 15 is 0 Å². The number of alkyl halides is 2. The van der Waals surface area contributed by atoms with E-state index < -0.39 is 36.0 Å². The normalized spacial score (nSPS) is 21.5. The van der Waals surface area contributed by atoms with Crippen molar-refractivity contribution in [3.63, 3.8) is 0 Å². The maximum Gasteiger partial charge on any atom is 0.315 e. The van der Waals surface area contributed by atoms with Crippen molar-refractivity contribution in [3.8, 4) is 0 Å². The van der Waals surface area contributed by atoms with Gasteiger partial charge in [-0.25, -0.2) is 13.2 Å². The maximum atomic E-state index is 13.1. The Kier molecular flexibility index (Phi) is 3.04. The quantitative estimate of drug-likeness (QED) is 0.888. The molecular weight excluding hydrogens is 247 g/mol. The molecule has 0 unspecified atom stereocenters. The van der Waals surface area contributed by atoms with Crippen LogP contribution in [0.25, 0.3) is 0 Å². The van der Waals surface area contributed by atoms with E-state index in [0.717, 1.165) is 12.3 Å². The monoisotopic (exact) mass is 259 g/mol. The van der Waals surface area contributed by atoms with E-state index in [1.54, 1.807) is 0 Å². The zero-order valence-electron chi connectivity index (χ0n) is 9.50. The van der Waals surface area contributed by atoms with E-state index in [2.05, 4.69) is 4.98 Å². The molecule has 98 valence electrons. The summed E-state index contributed by atoms with van der Waals surface area (Å²) in [5.74, 6) is -4.59. The van der Waals surface area contributed by atoms with Gasteiger partial charge < -0.3 is 5.11 Å². The second kappa shape index (κ2) is 4.26. The number of nitrogens with zero attached hydrogens (tertiary/aromatic N) is 1. The van der Waals surface area contributed by atoms with E-state index in [0.29, 0.717) is 0 Å². The minimum Gasteiger partial charge on any atom is -0.481 e. The summed E-state index contributed by atoms with van der Waals surface area (Å²) in [7, 11) is 0. The standard InChI is InChI=1S/C12H12F3NO2/c13-8-1-2-9(16-7-8)11(10(17)18)3-5-12(14,15)6-4-11/h1-2,7H,3-6H2,(H,17,18). The second-order valence-corrected chi connectivity index (χ2v) is 4.60. The number of aliphatic carboxylic acids is 1. The highest BCUT2D eigenvalue weighted by atomic mass is 19.3. The van der Waals surface area contributed by atoms with Crippen molar-refractivity contribution in [1.29, 1.82) is 0 Å². The molecule has 1 aromatic heterocycles. The summed E-state index contributed by atoms with van der Waals surface area (Å²) in [6.07, 6.45) is -0.439. The lowest BCUT2D eigenvalue weighted by Crippen LogP contribution is -2.43. The first-order valence-corrected chi connectivity index (χ1v) is 5.59. The minimum atomic E-state index is -2.82. The Balaban J connectivity index is 2.34. The summed E-state index contributed by atoms with van der Waals surface area (Å²) in [4.78, 5) is 15.1. The molecule has 1 saturated carbocycles. The van der Waals surface area contributed by atoms with Gasteiger partial charge in [-0.15, -0.1) is 0 Å². The molecule has 3 nitrogen and oxygen atoms in total. The van der Waals surface area contributed by atoms with Crippen LogP contribution in [0.4, 0.5) is 13.2 Å². The van der Waals surface area contributed by atoms with E-state index in [1.165, 1.54) is 6.07 Å². The predicted octanol–water partition coefficient (Wildman–Crippen LogP) is 2.75. The van der Waals surface area contributed by atoms with Gasteiger partial charge in [0.05, 0.1) is 11.9 Å². The van der Waals surface area contributed by atoms with Crippen LogP contribution >= 0.6 is 0 Å². The molecular formula is C12H12F3NO2. The third-order valence-corrected chi connectivity index (χ3v) is 3.46. The average molecular weight is 259 g/mol. The Morgan fingerprint density at radius 3 is 2.28 bits per heavy atom. The first-order valence-electron chi connectivity index (χ1n) is 5.59. The van der Waals surface area contributed by atoms with E-state index in [4.69, 9.17) is 0 Å². The zero-order valence-corrected chi connectivity index (χ0v) is 9.50. The van der Waals surface area contributed by atoms with Crippen LogP contribution in [0.3, 0.4) is 0 Å². The SMILES string of the molecule is O=C(O)C1(c2ccc(F)cn2)CCC(F)(F)CC1. The molecule has 0 bridgehead atoms. The highest BCUT2D eigenvalue weighted by Crippen LogP contribution is 2.45. The summed E-state index contributed by atoms with van der Waals surface area (Å²) in [6.45, 7) is 0. The zero-order chi connectivity index (χ0) is 13.4. The van der Waals surface area contributed by atoms with Gasteiger partial charge in [0.25, 0.3) is 0 Å². The van der Waals surface area contributed by atoms with Crippen LogP contribution in [-0.4, -0.2) is 22.0 Å². The Labute approximate surface area is 102 Å². The number of rotatable bonds is 2. The molecule has 18 heavy (non-hydrogen) atoms. The van der Waals surface area contributed by atoms with Gasteiger partial charge in [-0.3, -0.25) is 9.78 Å². The lowest BCUT2D eigenvalue weighted by Gasteiger charge is -2.36. The Hall–Kier alpha value is -1.59. The van der Waals surface area contributed by atoms with Crippen LogP contribution < -0.4 is 0 Å². The van der Waals surface area contributed by atoms with Crippen molar-refractivity contribution >= 4 is 5.97 Å². The summed E-state index contributed by atoms with van der Waals surface area (Å²) in [6, 6.07) is 2.35. The van der Waals surface area contributed by atoms with Crippen molar-refractivity contribution in [2.75, 3.05) is 0 Å². The van der Waals surface area contributed by atoms with E-state index in [9.17, 15) is 23.1 Å². The molecule has 6 heteroatoms. The van der Waals surface area contributed by atoms with Crippen LogP contribution in [0.1, 0.15) is 31.4 Å². The van der Waals surface area contributed by atoms with Crippen molar-refractivity contribution < 1.29 is 23.1 Å². The van der Waals surface area contributed by atoms with Gasteiger partial charge in [-0.05, 0) is 25.0 Å². The van der Waals surface area contributed by atoms with Crippen molar-refractivity contribution in [1.82, 2.24) is 4.98 Å². The number of hydrogen-bond donors (Lipinski definition) is 1. The number of carbonyl (C=O) groups is 1. The number of carboxylic acids is 1. The Morgan fingerprint density at radius 2 is 1.83 bits per heavy atom. The molecule has 1 fully saturated rings. The Bertz CT molecular complexity index is 449. The van der Waals surface area contributed by atoms with Crippen LogP contribution in [-0.2, 0) is 10.2 Å². The average Bonchev–Trinajstić information content (AvgIpc) is 2.30. The fourth-order valence-corrected chi connectivity index (χ4v) is 2.28. The molecule has 2 rings (SSSR count). The fourth-order valence-electron chi connectivity index (χ4n) is 2.28. The number of aromatic nitrogens is 1. The maximum absolute atomic E-state index is 13.1. The molecule has 1 aliphatic rings. The third-order valence-electron chi connectivity index (χ3n) is 3.46. The summed E-state index contributed by atoms with van der Waals surface area (Å²) in [5, 5.41) is 9.30. The van der Waals surface area contributed by atoms with E-state index in [1.807, 2.05) is 0 Å². The van der Waals surface area contributed by atoms with Crippen LogP contribution in [0.5, 0.6) is 0 Å². The van der Waals surface area contributed by atoms with Gasteiger partial charge in [0.15, 0.2) is 0 Å². The number of hydrogen-bond acceptors (Lipinski definition) is 2. The molecule has 0 aromatic carbocycles. The molecule has 0 atom stereocenters. The van der Waals surface area contributed by atoms with E-state index in [-0.39, 0.29) is 18.5 Å². The van der Waals surface area contributed by atoms with Crippen LogP contribution in [0.15, 0.2) is 18.3 Å². The van der Waals surface area contributed by atoms with Crippen molar-refractivity contribution in [3.05, 3.63) is 29.8 Å². The molecule has 1 aromatic rings. The minimum absolute atomic E-state index is 0.145. The molecule has 0 saturated heterocycles. The highest BCUT2D eigenvalue weighted by Gasteiger charge is 2.49. The molecule has 1 aliphatic carbocycles. The van der Waals surface area contributed by atoms with Crippen molar-refractivity contribution in [2.45, 2.75) is 37.0 Å². The van der Waals surface area contributed by atoms with Crippen LogP contribution in [0, 0.1) is 5.82 Å². The first kappa shape index (κ1) is 12.9. The number of pyridine rings is 1. The molecule has 0 aliphatic heterocycles. The lowest BCUT2D eigenvalue weighted by atomic mass is 9.70. The third kappa shape index (κ3) is 2.19. The fraction of sp³-hybridized carbons (Fsp3) is 0.500. The topological polar surface area (TPSA) is 50.2 Å². The van der Waals surface area contributed by atoms with Gasteiger partial charge >= 0.3 is 5.97 Å². The Morgan fingerprint density at radius 1 is 1.22 bits per heavy atom. The van der Waals surface area contributed by atoms with Gasteiger partial charge in [0, 0.05) is 12.8 Å². The second-order valence-electron chi connectivity index (χ2n) is 4.60. The summed E-state index contributed by atoms with van der Waals surface area (Å²) < 4.78 is 39.0. The van der Waals surface area contributed by atoms with Crippen LogP contribution in [0.2, 0.25) is 0 Å². The summed E-state index contributed by atoms with van der Waals surface area (Å²) >= 11 is 0. The smallest absolute Gasteiger partial charge is 0.315 e. The molecule has 0 spiro atoms. The molecule has 1 N–H and O–H groups in total. The lowest BCUT2D eigenvalue weighted by molar-refractivity contribution is -0.149. The number of carboxylic acid groups (broad SMARTS) is 1. The van der Waals surface area contributed by atoms with Crippen molar-refractivity contribution in [2.24, 2.45) is 0 Å². The summed E-state index contributed by atoms with van der Waals surface area (Å²) in [5.41, 5.74) is -1.28. The molecule has 0 amide bonds. The van der Waals surface area contributed by atoms with Gasteiger partial charge in [-0.2, -0.15) is 0 Å². The number of halogens is 3. The molecule has 0 radical (unpaired) electrons. The largest absolute Gasteiger partial charge is 0.481 e. The van der Waals surface area contributed by atoms with Gasteiger partial charge in [0.1, 0.15) is 11.2 Å². The highest BCUT2D eigenvalue weighted by molar-refractivity contribution is 5.80. The predicted molar refractivity (Wildman–Crippen MR) is 56.9 cm³/mol.